The molecule has 0 bridgehead atoms. The summed E-state index contributed by atoms with van der Waals surface area (Å²) in [7, 11) is 0. The lowest BCUT2D eigenvalue weighted by atomic mass is 9.93. The van der Waals surface area contributed by atoms with Crippen LogP contribution in [0.1, 0.15) is 54.7 Å². The standard InChI is InChI=1S/C26H26O5/c1-16(2)5-8-18-14-20(24(28)19-11-12-26(3,4)31-25(18)19)21(27)9-6-17-7-10-22-23(13-17)30-15-29-22/h5-7,9-14,28H,8,15H2,1-4H3/b9-6+. The second-order valence-corrected chi connectivity index (χ2v) is 8.51. The molecule has 5 nitrogen and oxygen atoms in total. The average molecular weight is 418 g/mol. The second-order valence-electron chi connectivity index (χ2n) is 8.51. The molecular formula is C26H26O5. The maximum atomic E-state index is 13.0. The number of carbonyl (C=O) groups is 1. The molecule has 2 aliphatic heterocycles. The Morgan fingerprint density at radius 2 is 1.94 bits per heavy atom. The average Bonchev–Trinajstić information content (AvgIpc) is 3.18. The number of phenolic OH excluding ortho intramolecular Hbond substituents is 1. The second kappa shape index (κ2) is 7.99. The molecule has 0 fully saturated rings. The summed E-state index contributed by atoms with van der Waals surface area (Å²) in [6.07, 6.45) is 9.57. The van der Waals surface area contributed by atoms with Crippen molar-refractivity contribution in [3.63, 3.8) is 0 Å². The van der Waals surface area contributed by atoms with Gasteiger partial charge in [0.15, 0.2) is 17.3 Å². The third kappa shape index (κ3) is 4.36. The Morgan fingerprint density at radius 1 is 1.16 bits per heavy atom. The van der Waals surface area contributed by atoms with E-state index in [9.17, 15) is 9.90 Å². The van der Waals surface area contributed by atoms with Crippen LogP contribution in [-0.4, -0.2) is 23.3 Å². The predicted octanol–water partition coefficient (Wildman–Crippen LogP) is 5.71. The fourth-order valence-corrected chi connectivity index (χ4v) is 3.52. The minimum atomic E-state index is -0.482. The van der Waals surface area contributed by atoms with Crippen molar-refractivity contribution < 1.29 is 24.1 Å². The Morgan fingerprint density at radius 3 is 2.71 bits per heavy atom. The van der Waals surface area contributed by atoms with E-state index in [0.29, 0.717) is 29.2 Å². The number of benzene rings is 2. The molecule has 0 amide bonds. The monoisotopic (exact) mass is 418 g/mol. The number of hydrogen-bond donors (Lipinski definition) is 1. The number of allylic oxidation sites excluding steroid dienone is 3. The number of ether oxygens (including phenoxy) is 3. The van der Waals surface area contributed by atoms with Crippen molar-refractivity contribution in [2.75, 3.05) is 6.79 Å². The minimum Gasteiger partial charge on any atom is -0.506 e. The van der Waals surface area contributed by atoms with Crippen molar-refractivity contribution in [2.45, 2.75) is 39.7 Å². The van der Waals surface area contributed by atoms with Gasteiger partial charge in [-0.3, -0.25) is 4.79 Å². The van der Waals surface area contributed by atoms with E-state index in [1.807, 2.05) is 58.0 Å². The summed E-state index contributed by atoms with van der Waals surface area (Å²) >= 11 is 0. The van der Waals surface area contributed by atoms with E-state index in [0.717, 1.165) is 11.1 Å². The first-order valence-corrected chi connectivity index (χ1v) is 10.3. The van der Waals surface area contributed by atoms with Gasteiger partial charge in [0.2, 0.25) is 6.79 Å². The van der Waals surface area contributed by atoms with Crippen molar-refractivity contribution in [2.24, 2.45) is 0 Å². The molecule has 0 saturated carbocycles. The third-order valence-corrected chi connectivity index (χ3v) is 5.20. The largest absolute Gasteiger partial charge is 0.506 e. The van der Waals surface area contributed by atoms with E-state index in [1.54, 1.807) is 12.1 Å². The van der Waals surface area contributed by atoms with Gasteiger partial charge < -0.3 is 19.3 Å². The number of phenols is 1. The Hall–Kier alpha value is -3.47. The summed E-state index contributed by atoms with van der Waals surface area (Å²) in [5.41, 5.74) is 3.16. The highest BCUT2D eigenvalue weighted by Gasteiger charge is 2.28. The molecule has 0 spiro atoms. The van der Waals surface area contributed by atoms with Crippen LogP contribution in [0, 0.1) is 0 Å². The van der Waals surface area contributed by atoms with Crippen LogP contribution < -0.4 is 14.2 Å². The summed E-state index contributed by atoms with van der Waals surface area (Å²) < 4.78 is 16.8. The van der Waals surface area contributed by atoms with Crippen LogP contribution >= 0.6 is 0 Å². The van der Waals surface area contributed by atoms with E-state index in [1.165, 1.54) is 11.6 Å². The highest BCUT2D eigenvalue weighted by Crippen LogP contribution is 2.42. The molecular weight excluding hydrogens is 392 g/mol. The molecule has 2 aromatic rings. The van der Waals surface area contributed by atoms with Crippen LogP contribution in [0.4, 0.5) is 0 Å². The molecule has 5 heteroatoms. The molecule has 4 rings (SSSR count). The molecule has 0 aromatic heterocycles. The van der Waals surface area contributed by atoms with Crippen LogP contribution in [0.15, 0.2) is 48.1 Å². The van der Waals surface area contributed by atoms with Gasteiger partial charge in [-0.2, -0.15) is 0 Å². The molecule has 0 radical (unpaired) electrons. The summed E-state index contributed by atoms with van der Waals surface area (Å²) in [6, 6.07) is 7.21. The molecule has 2 heterocycles. The Labute approximate surface area is 182 Å². The first-order chi connectivity index (χ1) is 14.7. The van der Waals surface area contributed by atoms with Crippen molar-refractivity contribution in [3.05, 3.63) is 70.3 Å². The molecule has 0 atom stereocenters. The van der Waals surface area contributed by atoms with Gasteiger partial charge in [0.05, 0.1) is 11.1 Å². The number of aromatic hydroxyl groups is 1. The number of carbonyl (C=O) groups excluding carboxylic acids is 1. The van der Waals surface area contributed by atoms with E-state index in [2.05, 4.69) is 6.08 Å². The lowest BCUT2D eigenvalue weighted by molar-refractivity contribution is 0.104. The quantitative estimate of drug-likeness (QED) is 0.383. The van der Waals surface area contributed by atoms with Crippen LogP contribution in [0.2, 0.25) is 0 Å². The maximum Gasteiger partial charge on any atom is 0.231 e. The summed E-state index contributed by atoms with van der Waals surface area (Å²) in [4.78, 5) is 13.0. The van der Waals surface area contributed by atoms with E-state index in [4.69, 9.17) is 14.2 Å². The van der Waals surface area contributed by atoms with Crippen molar-refractivity contribution in [1.29, 1.82) is 0 Å². The van der Waals surface area contributed by atoms with Gasteiger partial charge in [0.25, 0.3) is 0 Å². The van der Waals surface area contributed by atoms with Gasteiger partial charge >= 0.3 is 0 Å². The first-order valence-electron chi connectivity index (χ1n) is 10.3. The highest BCUT2D eigenvalue weighted by atomic mass is 16.7. The number of fused-ring (bicyclic) bond motifs is 2. The molecule has 2 aromatic carbocycles. The van der Waals surface area contributed by atoms with Gasteiger partial charge in [0.1, 0.15) is 17.1 Å². The SMILES string of the molecule is CC(C)=CCc1cc(C(=O)/C=C/c2ccc3c(c2)OCO3)c(O)c2c1OC(C)(C)C=C2. The van der Waals surface area contributed by atoms with Gasteiger partial charge in [-0.15, -0.1) is 0 Å². The van der Waals surface area contributed by atoms with Crippen molar-refractivity contribution in [1.82, 2.24) is 0 Å². The molecule has 0 saturated heterocycles. The molecule has 1 N–H and O–H groups in total. The lowest BCUT2D eigenvalue weighted by Gasteiger charge is -2.30. The molecule has 0 unspecified atom stereocenters. The van der Waals surface area contributed by atoms with E-state index < -0.39 is 5.60 Å². The van der Waals surface area contributed by atoms with Crippen LogP contribution in [0.5, 0.6) is 23.0 Å². The van der Waals surface area contributed by atoms with E-state index >= 15 is 0 Å². The van der Waals surface area contributed by atoms with Gasteiger partial charge in [0, 0.05) is 0 Å². The topological polar surface area (TPSA) is 65.0 Å². The zero-order valence-electron chi connectivity index (χ0n) is 18.2. The molecule has 0 aliphatic carbocycles. The van der Waals surface area contributed by atoms with Crippen LogP contribution in [0.3, 0.4) is 0 Å². The number of ketones is 1. The third-order valence-electron chi connectivity index (χ3n) is 5.20. The summed E-state index contributed by atoms with van der Waals surface area (Å²) in [5, 5.41) is 10.9. The fraction of sp³-hybridized carbons (Fsp3) is 0.269. The van der Waals surface area contributed by atoms with Crippen LogP contribution in [0.25, 0.3) is 12.2 Å². The van der Waals surface area contributed by atoms with Crippen LogP contribution in [-0.2, 0) is 6.42 Å². The molecule has 2 aliphatic rings. The Balaban J connectivity index is 1.69. The fourth-order valence-electron chi connectivity index (χ4n) is 3.52. The summed E-state index contributed by atoms with van der Waals surface area (Å²) in [5.74, 6) is 1.62. The molecule has 160 valence electrons. The number of hydrogen-bond acceptors (Lipinski definition) is 5. The first kappa shape index (κ1) is 20.8. The van der Waals surface area contributed by atoms with E-state index in [-0.39, 0.29) is 23.9 Å². The van der Waals surface area contributed by atoms with Gasteiger partial charge in [-0.25, -0.2) is 0 Å². The smallest absolute Gasteiger partial charge is 0.231 e. The minimum absolute atomic E-state index is 0.0666. The summed E-state index contributed by atoms with van der Waals surface area (Å²) in [6.45, 7) is 8.17. The normalized spacial score (nSPS) is 15.5. The maximum absolute atomic E-state index is 13.0. The number of rotatable bonds is 5. The lowest BCUT2D eigenvalue weighted by Crippen LogP contribution is -2.28. The highest BCUT2D eigenvalue weighted by molar-refractivity contribution is 6.09. The van der Waals surface area contributed by atoms with Crippen molar-refractivity contribution in [3.8, 4) is 23.0 Å². The molecule has 31 heavy (non-hydrogen) atoms. The Kier molecular flexibility index (Phi) is 5.36. The van der Waals surface area contributed by atoms with Gasteiger partial charge in [-0.1, -0.05) is 23.8 Å². The zero-order valence-corrected chi connectivity index (χ0v) is 18.2. The Bertz CT molecular complexity index is 1130. The zero-order chi connectivity index (χ0) is 22.2. The van der Waals surface area contributed by atoms with Crippen molar-refractivity contribution >= 4 is 17.9 Å². The predicted molar refractivity (Wildman–Crippen MR) is 121 cm³/mol. The van der Waals surface area contributed by atoms with Gasteiger partial charge in [-0.05, 0) is 81.7 Å².